The highest BCUT2D eigenvalue weighted by molar-refractivity contribution is 7.99. The summed E-state index contributed by atoms with van der Waals surface area (Å²) in [5.41, 5.74) is 6.86. The number of nitrogen functional groups attached to an aromatic ring is 1. The first kappa shape index (κ1) is 15.1. The Morgan fingerprint density at radius 1 is 1.38 bits per heavy atom. The predicted octanol–water partition coefficient (Wildman–Crippen LogP) is 2.19. The minimum absolute atomic E-state index is 0.0958. The number of nitrogens with zero attached hydrogens (tertiary/aromatic N) is 2. The van der Waals surface area contributed by atoms with Crippen LogP contribution in [0, 0.1) is 0 Å². The third-order valence-electron chi connectivity index (χ3n) is 2.60. The Kier molecular flexibility index (Phi) is 5.39. The van der Waals surface area contributed by atoms with Gasteiger partial charge in [0.25, 0.3) is 0 Å². The van der Waals surface area contributed by atoms with Crippen molar-refractivity contribution in [2.24, 2.45) is 0 Å². The highest BCUT2D eigenvalue weighted by Gasteiger charge is 2.08. The number of nitrogens with one attached hydrogen (secondary N) is 1. The molecule has 1 aromatic carbocycles. The fourth-order valence-corrected chi connectivity index (χ4v) is 2.36. The molecule has 0 fully saturated rings. The molecule has 0 saturated carbocycles. The molecule has 0 spiro atoms. The molecule has 7 heteroatoms. The number of thioether (sulfide) groups is 1. The Morgan fingerprint density at radius 3 is 2.86 bits per heavy atom. The third-order valence-corrected chi connectivity index (χ3v) is 3.48. The first-order chi connectivity index (χ1) is 10.2. The Labute approximate surface area is 127 Å². The van der Waals surface area contributed by atoms with E-state index in [-0.39, 0.29) is 5.91 Å². The fourth-order valence-electron chi connectivity index (χ4n) is 1.62. The minimum atomic E-state index is -0.0958. The molecule has 21 heavy (non-hydrogen) atoms. The summed E-state index contributed by atoms with van der Waals surface area (Å²) in [7, 11) is 1.53. The van der Waals surface area contributed by atoms with Crippen LogP contribution in [0.4, 0.5) is 11.4 Å². The highest BCUT2D eigenvalue weighted by atomic mass is 32.2. The van der Waals surface area contributed by atoms with Gasteiger partial charge in [-0.1, -0.05) is 11.8 Å². The van der Waals surface area contributed by atoms with E-state index in [1.165, 1.54) is 18.9 Å². The number of methoxy groups -OCH3 is 1. The van der Waals surface area contributed by atoms with Crippen LogP contribution in [0.2, 0.25) is 0 Å². The number of nitrogens with two attached hydrogens (primary N) is 1. The van der Waals surface area contributed by atoms with Crippen molar-refractivity contribution in [2.75, 3.05) is 23.9 Å². The van der Waals surface area contributed by atoms with Gasteiger partial charge in [-0.3, -0.25) is 4.79 Å². The zero-order chi connectivity index (χ0) is 15.1. The number of hydrogen-bond donors (Lipinski definition) is 2. The summed E-state index contributed by atoms with van der Waals surface area (Å²) in [5.74, 6) is 1.05. The van der Waals surface area contributed by atoms with Gasteiger partial charge in [-0.25, -0.2) is 9.97 Å². The molecule has 0 bridgehead atoms. The van der Waals surface area contributed by atoms with E-state index in [9.17, 15) is 4.79 Å². The SMILES string of the molecule is COc1cc(N)ccc1NC(=O)CCSc1ncccn1. The van der Waals surface area contributed by atoms with Crippen molar-refractivity contribution in [1.29, 1.82) is 0 Å². The summed E-state index contributed by atoms with van der Waals surface area (Å²) in [4.78, 5) is 20.1. The second-order valence-electron chi connectivity index (χ2n) is 4.14. The maximum Gasteiger partial charge on any atom is 0.225 e. The number of anilines is 2. The van der Waals surface area contributed by atoms with Crippen molar-refractivity contribution in [1.82, 2.24) is 9.97 Å². The van der Waals surface area contributed by atoms with E-state index in [0.29, 0.717) is 34.5 Å². The van der Waals surface area contributed by atoms with Gasteiger partial charge in [-0.2, -0.15) is 0 Å². The molecule has 0 aliphatic heterocycles. The van der Waals surface area contributed by atoms with Gasteiger partial charge in [0.05, 0.1) is 12.8 Å². The zero-order valence-electron chi connectivity index (χ0n) is 11.6. The van der Waals surface area contributed by atoms with E-state index in [2.05, 4.69) is 15.3 Å². The lowest BCUT2D eigenvalue weighted by molar-refractivity contribution is -0.115. The van der Waals surface area contributed by atoms with E-state index in [4.69, 9.17) is 10.5 Å². The van der Waals surface area contributed by atoms with Crippen LogP contribution in [0.15, 0.2) is 41.8 Å². The standard InChI is InChI=1S/C14H16N4O2S/c1-20-12-9-10(15)3-4-11(12)18-13(19)5-8-21-14-16-6-2-7-17-14/h2-4,6-7,9H,5,8,15H2,1H3,(H,18,19). The van der Waals surface area contributed by atoms with Crippen molar-refractivity contribution in [2.45, 2.75) is 11.6 Å². The normalized spacial score (nSPS) is 10.1. The summed E-state index contributed by atoms with van der Waals surface area (Å²) >= 11 is 1.44. The van der Waals surface area contributed by atoms with Crippen molar-refractivity contribution in [3.05, 3.63) is 36.7 Å². The number of carbonyl (C=O) groups excluding carboxylic acids is 1. The van der Waals surface area contributed by atoms with Crippen LogP contribution in [0.25, 0.3) is 0 Å². The topological polar surface area (TPSA) is 90.1 Å². The Balaban J connectivity index is 1.85. The average molecular weight is 304 g/mol. The van der Waals surface area contributed by atoms with Gasteiger partial charge in [-0.05, 0) is 18.2 Å². The lowest BCUT2D eigenvalue weighted by Crippen LogP contribution is -2.13. The number of benzene rings is 1. The van der Waals surface area contributed by atoms with Gasteiger partial charge in [0.15, 0.2) is 5.16 Å². The predicted molar refractivity (Wildman–Crippen MR) is 83.4 cm³/mol. The van der Waals surface area contributed by atoms with Crippen molar-refractivity contribution >= 4 is 29.0 Å². The van der Waals surface area contributed by atoms with Gasteiger partial charge in [0.2, 0.25) is 5.91 Å². The number of hydrogen-bond acceptors (Lipinski definition) is 6. The molecule has 1 aromatic heterocycles. The third kappa shape index (κ3) is 4.64. The van der Waals surface area contributed by atoms with Crippen LogP contribution in [-0.4, -0.2) is 28.7 Å². The summed E-state index contributed by atoms with van der Waals surface area (Å²) in [5, 5.41) is 3.46. The molecule has 6 nitrogen and oxygen atoms in total. The van der Waals surface area contributed by atoms with E-state index < -0.39 is 0 Å². The molecule has 1 amide bonds. The van der Waals surface area contributed by atoms with Crippen LogP contribution in [0.5, 0.6) is 5.75 Å². The second-order valence-corrected chi connectivity index (χ2v) is 5.20. The summed E-state index contributed by atoms with van der Waals surface area (Å²) in [6.07, 6.45) is 3.71. The molecule has 0 atom stereocenters. The molecule has 0 unspecified atom stereocenters. The molecule has 0 aliphatic rings. The van der Waals surface area contributed by atoms with Gasteiger partial charge < -0.3 is 15.8 Å². The Morgan fingerprint density at radius 2 is 2.14 bits per heavy atom. The molecule has 0 aliphatic carbocycles. The molecule has 3 N–H and O–H groups in total. The van der Waals surface area contributed by atoms with Crippen LogP contribution in [0.3, 0.4) is 0 Å². The number of amides is 1. The van der Waals surface area contributed by atoms with Crippen molar-refractivity contribution in [3.63, 3.8) is 0 Å². The number of ether oxygens (including phenoxy) is 1. The molecular formula is C14H16N4O2S. The number of rotatable bonds is 6. The van der Waals surface area contributed by atoms with Crippen LogP contribution in [0.1, 0.15) is 6.42 Å². The maximum absolute atomic E-state index is 11.9. The van der Waals surface area contributed by atoms with Crippen LogP contribution >= 0.6 is 11.8 Å². The van der Waals surface area contributed by atoms with Crippen molar-refractivity contribution < 1.29 is 9.53 Å². The summed E-state index contributed by atoms with van der Waals surface area (Å²) in [6.45, 7) is 0. The molecule has 1 heterocycles. The fraction of sp³-hybridized carbons (Fsp3) is 0.214. The summed E-state index contributed by atoms with van der Waals surface area (Å²) < 4.78 is 5.18. The van der Waals surface area contributed by atoms with E-state index in [0.717, 1.165) is 0 Å². The molecular weight excluding hydrogens is 288 g/mol. The molecule has 2 rings (SSSR count). The first-order valence-corrected chi connectivity index (χ1v) is 7.31. The second kappa shape index (κ2) is 7.49. The van der Waals surface area contributed by atoms with Gasteiger partial charge in [0, 0.05) is 36.3 Å². The Hall–Kier alpha value is -2.28. The van der Waals surface area contributed by atoms with E-state index >= 15 is 0 Å². The zero-order valence-corrected chi connectivity index (χ0v) is 12.4. The van der Waals surface area contributed by atoms with Gasteiger partial charge in [0.1, 0.15) is 5.75 Å². The largest absolute Gasteiger partial charge is 0.494 e. The lowest BCUT2D eigenvalue weighted by atomic mass is 10.2. The quantitative estimate of drug-likeness (QED) is 0.483. The molecule has 0 radical (unpaired) electrons. The average Bonchev–Trinajstić information content (AvgIpc) is 2.50. The molecule has 2 aromatic rings. The monoisotopic (exact) mass is 304 g/mol. The van der Waals surface area contributed by atoms with Crippen molar-refractivity contribution in [3.8, 4) is 5.75 Å². The van der Waals surface area contributed by atoms with E-state index in [1.807, 2.05) is 0 Å². The van der Waals surface area contributed by atoms with Gasteiger partial charge >= 0.3 is 0 Å². The molecule has 0 saturated heterocycles. The number of carbonyl (C=O) groups is 1. The van der Waals surface area contributed by atoms with Crippen LogP contribution < -0.4 is 15.8 Å². The Bertz CT molecular complexity index is 607. The number of aromatic nitrogens is 2. The van der Waals surface area contributed by atoms with E-state index in [1.54, 1.807) is 36.7 Å². The maximum atomic E-state index is 11.9. The highest BCUT2D eigenvalue weighted by Crippen LogP contribution is 2.26. The minimum Gasteiger partial charge on any atom is -0.494 e. The van der Waals surface area contributed by atoms with Crippen LogP contribution in [-0.2, 0) is 4.79 Å². The van der Waals surface area contributed by atoms with Gasteiger partial charge in [-0.15, -0.1) is 0 Å². The smallest absolute Gasteiger partial charge is 0.225 e. The lowest BCUT2D eigenvalue weighted by Gasteiger charge is -2.10. The summed E-state index contributed by atoms with van der Waals surface area (Å²) in [6, 6.07) is 6.86. The molecule has 110 valence electrons. The first-order valence-electron chi connectivity index (χ1n) is 6.32.